The lowest BCUT2D eigenvalue weighted by molar-refractivity contribution is -0.139. The molecule has 228 valence electrons. The average Bonchev–Trinajstić information content (AvgIpc) is 3.55. The number of esters is 2. The third kappa shape index (κ3) is 6.07. The van der Waals surface area contributed by atoms with Gasteiger partial charge in [0.2, 0.25) is 0 Å². The highest BCUT2D eigenvalue weighted by Gasteiger charge is 2.33. The first kappa shape index (κ1) is 31.2. The zero-order valence-corrected chi connectivity index (χ0v) is 27.5. The smallest absolute Gasteiger partial charge is 0.338 e. The van der Waals surface area contributed by atoms with Crippen LogP contribution in [0.15, 0.2) is 78.5 Å². The predicted octanol–water partition coefficient (Wildman–Crippen LogP) is 5.70. The molecule has 11 heteroatoms. The zero-order valence-electron chi connectivity index (χ0n) is 25.1. The van der Waals surface area contributed by atoms with Gasteiger partial charge in [0.15, 0.2) is 4.80 Å². The minimum absolute atomic E-state index is 0.185. The van der Waals surface area contributed by atoms with Crippen molar-refractivity contribution in [1.82, 2.24) is 4.57 Å². The number of thiazole rings is 1. The second kappa shape index (κ2) is 12.8. The van der Waals surface area contributed by atoms with Crippen LogP contribution >= 0.6 is 27.3 Å². The molecule has 0 radical (unpaired) electrons. The number of aromatic nitrogens is 1. The van der Waals surface area contributed by atoms with E-state index >= 15 is 0 Å². The third-order valence-corrected chi connectivity index (χ3v) is 8.58. The van der Waals surface area contributed by atoms with Gasteiger partial charge < -0.3 is 18.6 Å². The van der Waals surface area contributed by atoms with Crippen LogP contribution < -0.4 is 19.6 Å². The summed E-state index contributed by atoms with van der Waals surface area (Å²) in [4.78, 5) is 44.5. The Bertz CT molecular complexity index is 1980. The Kier molecular flexibility index (Phi) is 9.07. The Balaban J connectivity index is 1.56. The number of hydrogen-bond acceptors (Lipinski definition) is 9. The molecule has 0 spiro atoms. The molecule has 2 aromatic carbocycles. The van der Waals surface area contributed by atoms with Crippen LogP contribution in [0.1, 0.15) is 61.0 Å². The number of aryl methyl sites for hydroxylation is 1. The minimum Gasteiger partial charge on any atom is -0.496 e. The summed E-state index contributed by atoms with van der Waals surface area (Å²) >= 11 is 4.73. The van der Waals surface area contributed by atoms with Crippen molar-refractivity contribution in [2.45, 2.75) is 46.8 Å². The van der Waals surface area contributed by atoms with Crippen LogP contribution in [-0.2, 0) is 14.3 Å². The molecule has 0 fully saturated rings. The van der Waals surface area contributed by atoms with Gasteiger partial charge in [0.25, 0.3) is 5.56 Å². The van der Waals surface area contributed by atoms with E-state index < -0.39 is 12.0 Å². The van der Waals surface area contributed by atoms with Crippen LogP contribution in [0.5, 0.6) is 5.75 Å². The first-order valence-corrected chi connectivity index (χ1v) is 15.6. The van der Waals surface area contributed by atoms with Crippen LogP contribution in [0.25, 0.3) is 17.4 Å². The van der Waals surface area contributed by atoms with Gasteiger partial charge >= 0.3 is 11.9 Å². The molecule has 2 aromatic heterocycles. The van der Waals surface area contributed by atoms with E-state index in [0.717, 1.165) is 11.1 Å². The molecule has 44 heavy (non-hydrogen) atoms. The maximum atomic E-state index is 13.9. The highest BCUT2D eigenvalue weighted by Crippen LogP contribution is 2.35. The lowest BCUT2D eigenvalue weighted by Crippen LogP contribution is -2.39. The topological polar surface area (TPSA) is 109 Å². The van der Waals surface area contributed by atoms with Gasteiger partial charge in [0.05, 0.1) is 51.7 Å². The molecule has 1 aliphatic heterocycles. The first-order valence-electron chi connectivity index (χ1n) is 14.0. The molecule has 0 saturated heterocycles. The molecule has 1 atom stereocenters. The van der Waals surface area contributed by atoms with Crippen molar-refractivity contribution in [3.05, 3.63) is 106 Å². The van der Waals surface area contributed by atoms with E-state index in [0.29, 0.717) is 53.5 Å². The summed E-state index contributed by atoms with van der Waals surface area (Å²) < 4.78 is 24.8. The van der Waals surface area contributed by atoms with E-state index in [4.69, 9.17) is 18.6 Å². The van der Waals surface area contributed by atoms with Gasteiger partial charge in [-0.1, -0.05) is 23.5 Å². The SMILES string of the molecule is CCOC(=O)C1=C(C)N=c2s/c(=C/c3ccc(-c4ccc(C(=O)OC(C)C)cc4C)o3)c(=O)n2[C@@H]1c1ccc(OC)c(Br)c1. The second-order valence-corrected chi connectivity index (χ2v) is 12.2. The van der Waals surface area contributed by atoms with Gasteiger partial charge in [-0.05, 0) is 98.1 Å². The largest absolute Gasteiger partial charge is 0.496 e. The third-order valence-electron chi connectivity index (χ3n) is 6.98. The fourth-order valence-electron chi connectivity index (χ4n) is 5.01. The molecule has 9 nitrogen and oxygen atoms in total. The van der Waals surface area contributed by atoms with Gasteiger partial charge in [-0.3, -0.25) is 9.36 Å². The predicted molar refractivity (Wildman–Crippen MR) is 171 cm³/mol. The van der Waals surface area contributed by atoms with Crippen LogP contribution in [0.4, 0.5) is 0 Å². The Morgan fingerprint density at radius 2 is 1.89 bits per heavy atom. The molecule has 0 aliphatic carbocycles. The van der Waals surface area contributed by atoms with Gasteiger partial charge in [0.1, 0.15) is 17.3 Å². The Hall–Kier alpha value is -4.22. The molecule has 0 N–H and O–H groups in total. The monoisotopic (exact) mass is 678 g/mol. The van der Waals surface area contributed by atoms with Crippen LogP contribution in [0.2, 0.25) is 0 Å². The lowest BCUT2D eigenvalue weighted by Gasteiger charge is -2.25. The number of hydrogen-bond donors (Lipinski definition) is 0. The number of allylic oxidation sites excluding steroid dienone is 1. The van der Waals surface area contributed by atoms with Gasteiger partial charge in [0, 0.05) is 11.6 Å². The fourth-order valence-corrected chi connectivity index (χ4v) is 6.60. The molecule has 0 amide bonds. The second-order valence-electron chi connectivity index (χ2n) is 10.4. The van der Waals surface area contributed by atoms with Crippen molar-refractivity contribution in [2.75, 3.05) is 13.7 Å². The quantitative estimate of drug-likeness (QED) is 0.220. The van der Waals surface area contributed by atoms with Gasteiger partial charge in [-0.25, -0.2) is 14.6 Å². The van der Waals surface area contributed by atoms with Crippen molar-refractivity contribution < 1.29 is 28.2 Å². The molecular weight excluding hydrogens is 648 g/mol. The van der Waals surface area contributed by atoms with Crippen molar-refractivity contribution in [1.29, 1.82) is 0 Å². The average molecular weight is 680 g/mol. The Morgan fingerprint density at radius 3 is 2.55 bits per heavy atom. The van der Waals surface area contributed by atoms with E-state index in [2.05, 4.69) is 20.9 Å². The highest BCUT2D eigenvalue weighted by atomic mass is 79.9. The van der Waals surface area contributed by atoms with E-state index in [9.17, 15) is 14.4 Å². The molecular formula is C33H31BrN2O7S. The minimum atomic E-state index is -0.759. The molecule has 1 aliphatic rings. The van der Waals surface area contributed by atoms with Crippen LogP contribution in [0.3, 0.4) is 0 Å². The number of rotatable bonds is 8. The zero-order chi connectivity index (χ0) is 31.7. The number of fused-ring (bicyclic) bond motifs is 1. The van der Waals surface area contributed by atoms with Crippen molar-refractivity contribution in [2.24, 2.45) is 4.99 Å². The summed E-state index contributed by atoms with van der Waals surface area (Å²) in [5.74, 6) is 0.764. The highest BCUT2D eigenvalue weighted by molar-refractivity contribution is 9.10. The van der Waals surface area contributed by atoms with E-state index in [1.807, 2.05) is 31.2 Å². The fraction of sp³-hybridized carbons (Fsp3) is 0.273. The molecule has 4 aromatic rings. The summed E-state index contributed by atoms with van der Waals surface area (Å²) in [6, 6.07) is 13.5. The van der Waals surface area contributed by atoms with Crippen molar-refractivity contribution >= 4 is 45.3 Å². The number of furan rings is 1. The number of carbonyl (C=O) groups excluding carboxylic acids is 2. The van der Waals surface area contributed by atoms with E-state index in [1.54, 1.807) is 65.1 Å². The van der Waals surface area contributed by atoms with Crippen LogP contribution in [-0.4, -0.2) is 36.3 Å². The molecule has 0 bridgehead atoms. The van der Waals surface area contributed by atoms with Crippen molar-refractivity contribution in [3.8, 4) is 17.1 Å². The first-order chi connectivity index (χ1) is 21.0. The summed E-state index contributed by atoms with van der Waals surface area (Å²) in [6.07, 6.45) is 1.46. The Morgan fingerprint density at radius 1 is 1.11 bits per heavy atom. The number of benzene rings is 2. The normalized spacial score (nSPS) is 14.8. The number of ether oxygens (including phenoxy) is 3. The van der Waals surface area contributed by atoms with Crippen molar-refractivity contribution in [3.63, 3.8) is 0 Å². The number of methoxy groups -OCH3 is 1. The van der Waals surface area contributed by atoms with Gasteiger partial charge in [-0.2, -0.15) is 0 Å². The molecule has 0 unspecified atom stereocenters. The lowest BCUT2D eigenvalue weighted by atomic mass is 9.96. The molecule has 3 heterocycles. The molecule has 0 saturated carbocycles. The number of carbonyl (C=O) groups is 2. The van der Waals surface area contributed by atoms with Gasteiger partial charge in [-0.15, -0.1) is 0 Å². The number of halogens is 1. The maximum Gasteiger partial charge on any atom is 0.338 e. The van der Waals surface area contributed by atoms with E-state index in [-0.39, 0.29) is 24.2 Å². The summed E-state index contributed by atoms with van der Waals surface area (Å²) in [5, 5.41) is 0. The summed E-state index contributed by atoms with van der Waals surface area (Å²) in [5.41, 5.74) is 3.26. The summed E-state index contributed by atoms with van der Waals surface area (Å²) in [7, 11) is 1.57. The number of nitrogens with zero attached hydrogens (tertiary/aromatic N) is 2. The van der Waals surface area contributed by atoms with Crippen LogP contribution in [0, 0.1) is 6.92 Å². The van der Waals surface area contributed by atoms with E-state index in [1.165, 1.54) is 15.9 Å². The maximum absolute atomic E-state index is 13.9. The summed E-state index contributed by atoms with van der Waals surface area (Å²) in [6.45, 7) is 9.16. The Labute approximate surface area is 266 Å². The standard InChI is InChI=1S/C33H31BrN2O7S/c1-7-41-32(39)28-19(5)35-33-36(29(28)20-9-12-26(40-6)24(34)15-20)30(37)27(44-33)16-22-10-13-25(43-22)23-11-8-21(14-18(23)4)31(38)42-17(2)3/h8-17,29H,7H2,1-6H3/b27-16+/t29-/m1/s1. The molecule has 5 rings (SSSR count).